The number of anilines is 2. The quantitative estimate of drug-likeness (QED) is 0.351. The lowest BCUT2D eigenvalue weighted by Crippen LogP contribution is -2.58. The second kappa shape index (κ2) is 11.4. The van der Waals surface area contributed by atoms with Crippen molar-refractivity contribution in [2.45, 2.75) is 46.5 Å². The van der Waals surface area contributed by atoms with Gasteiger partial charge in [-0.25, -0.2) is 13.9 Å². The fourth-order valence-corrected chi connectivity index (χ4v) is 7.39. The minimum atomic E-state index is -2.27. The number of aliphatic hydroxyl groups is 1. The fourth-order valence-electron chi connectivity index (χ4n) is 4.73. The standard InChI is InChI=1S/C28H30Cl2N6O3S/c1-17-10-22(15-31-14-17)36-27(37)33-26(35(28(36)38)16-20-12-21(29)7-6-18(20)2)32-25-11-19(3)24(13-23(25)30)34-40(39)8-4-5-9-40/h6-7,10-15,28,38H,4-5,8-9,16H2,1-3H3,(H,32,33,37). The molecule has 0 spiro atoms. The van der Waals surface area contributed by atoms with Crippen molar-refractivity contribution >= 4 is 62.0 Å². The summed E-state index contributed by atoms with van der Waals surface area (Å²) in [4.78, 5) is 24.5. The smallest absolute Gasteiger partial charge is 0.354 e. The molecular weight excluding hydrogens is 571 g/mol. The number of pyridine rings is 1. The second-order valence-corrected chi connectivity index (χ2v) is 13.5. The van der Waals surface area contributed by atoms with E-state index in [-0.39, 0.29) is 12.5 Å². The van der Waals surface area contributed by atoms with Gasteiger partial charge in [0.05, 0.1) is 44.6 Å². The molecule has 2 N–H and O–H groups in total. The zero-order valence-electron chi connectivity index (χ0n) is 22.4. The Morgan fingerprint density at radius 3 is 2.55 bits per heavy atom. The summed E-state index contributed by atoms with van der Waals surface area (Å²) in [5.41, 5.74) is 4.86. The molecule has 0 aliphatic carbocycles. The van der Waals surface area contributed by atoms with Gasteiger partial charge >= 0.3 is 6.03 Å². The van der Waals surface area contributed by atoms with Crippen LogP contribution in [0, 0.1) is 20.8 Å². The van der Waals surface area contributed by atoms with Gasteiger partial charge in [0.15, 0.2) is 0 Å². The molecule has 12 heteroatoms. The topological polar surface area (TPSA) is 110 Å². The number of hydrogen-bond acceptors (Lipinski definition) is 7. The molecule has 3 heterocycles. The van der Waals surface area contributed by atoms with Crippen LogP contribution in [0.4, 0.5) is 21.9 Å². The molecule has 2 amide bonds. The van der Waals surface area contributed by atoms with Gasteiger partial charge < -0.3 is 10.4 Å². The summed E-state index contributed by atoms with van der Waals surface area (Å²) in [6, 6.07) is 10.0. The molecule has 1 fully saturated rings. The van der Waals surface area contributed by atoms with Crippen LogP contribution >= 0.6 is 23.2 Å². The number of benzene rings is 2. The Hall–Kier alpha value is -3.18. The number of carbonyl (C=O) groups is 1. The van der Waals surface area contributed by atoms with Crippen LogP contribution < -0.4 is 10.2 Å². The number of rotatable bonds is 5. The van der Waals surface area contributed by atoms with Crippen molar-refractivity contribution in [3.63, 3.8) is 0 Å². The van der Waals surface area contributed by atoms with Crippen molar-refractivity contribution < 1.29 is 14.1 Å². The molecule has 0 saturated carbocycles. The number of aromatic nitrogens is 1. The Kier molecular flexibility index (Phi) is 8.05. The van der Waals surface area contributed by atoms with Crippen molar-refractivity contribution in [1.82, 2.24) is 9.88 Å². The van der Waals surface area contributed by atoms with Gasteiger partial charge in [-0.05, 0) is 86.2 Å². The average Bonchev–Trinajstić information content (AvgIpc) is 3.32. The first-order chi connectivity index (χ1) is 19.0. The molecule has 1 unspecified atom stereocenters. The summed E-state index contributed by atoms with van der Waals surface area (Å²) in [5, 5.41) is 15.6. The van der Waals surface area contributed by atoms with E-state index in [2.05, 4.69) is 19.7 Å². The van der Waals surface area contributed by atoms with Crippen LogP contribution in [-0.4, -0.2) is 49.0 Å². The van der Waals surface area contributed by atoms with E-state index < -0.39 is 22.1 Å². The molecule has 1 saturated heterocycles. The van der Waals surface area contributed by atoms with E-state index in [0.717, 1.165) is 35.1 Å². The van der Waals surface area contributed by atoms with E-state index in [1.54, 1.807) is 35.4 Å². The van der Waals surface area contributed by atoms with Gasteiger partial charge in [-0.15, -0.1) is 0 Å². The Morgan fingerprint density at radius 1 is 1.07 bits per heavy atom. The van der Waals surface area contributed by atoms with E-state index in [1.807, 2.05) is 32.9 Å². The predicted octanol–water partition coefficient (Wildman–Crippen LogP) is 6.39. The Labute approximate surface area is 244 Å². The number of nitrogens with one attached hydrogen (secondary N) is 1. The van der Waals surface area contributed by atoms with E-state index in [4.69, 9.17) is 23.2 Å². The van der Waals surface area contributed by atoms with Gasteiger partial charge in [-0.2, -0.15) is 9.36 Å². The van der Waals surface area contributed by atoms with Crippen molar-refractivity contribution in [2.75, 3.05) is 21.7 Å². The second-order valence-electron chi connectivity index (χ2n) is 10.1. The summed E-state index contributed by atoms with van der Waals surface area (Å²) in [6.45, 7) is 5.84. The van der Waals surface area contributed by atoms with Gasteiger partial charge in [0.1, 0.15) is 0 Å². The first-order valence-corrected chi connectivity index (χ1v) is 15.5. The Bertz CT molecular complexity index is 1620. The molecule has 2 aliphatic heterocycles. The molecule has 0 bridgehead atoms. The number of carbonyl (C=O) groups excluding carboxylic acids is 1. The Balaban J connectivity index is 1.53. The molecule has 9 nitrogen and oxygen atoms in total. The molecular formula is C28H30Cl2N6O3S. The summed E-state index contributed by atoms with van der Waals surface area (Å²) in [6.07, 6.45) is 3.57. The number of aliphatic imine (C=N–C) groups is 1. The third-order valence-electron chi connectivity index (χ3n) is 6.95. The molecule has 3 aromatic rings. The van der Waals surface area contributed by atoms with Crippen LogP contribution in [0.5, 0.6) is 0 Å². The van der Waals surface area contributed by atoms with Gasteiger partial charge in [-0.3, -0.25) is 9.88 Å². The minimum absolute atomic E-state index is 0.112. The highest BCUT2D eigenvalue weighted by atomic mass is 35.5. The van der Waals surface area contributed by atoms with Crippen molar-refractivity contribution in [3.05, 3.63) is 81.1 Å². The fraction of sp³-hybridized carbons (Fsp3) is 0.321. The molecule has 2 aromatic carbocycles. The van der Waals surface area contributed by atoms with Crippen molar-refractivity contribution in [1.29, 1.82) is 0 Å². The lowest BCUT2D eigenvalue weighted by molar-refractivity contribution is 0.0474. The minimum Gasteiger partial charge on any atom is -0.356 e. The zero-order chi connectivity index (χ0) is 28.6. The molecule has 2 aliphatic rings. The van der Waals surface area contributed by atoms with E-state index in [9.17, 15) is 14.1 Å². The van der Waals surface area contributed by atoms with Gasteiger partial charge in [-0.1, -0.05) is 29.3 Å². The van der Waals surface area contributed by atoms with Crippen LogP contribution in [0.3, 0.4) is 0 Å². The monoisotopic (exact) mass is 600 g/mol. The van der Waals surface area contributed by atoms with Crippen LogP contribution in [0.2, 0.25) is 10.0 Å². The van der Waals surface area contributed by atoms with Gasteiger partial charge in [0, 0.05) is 22.7 Å². The lowest BCUT2D eigenvalue weighted by atomic mass is 10.1. The summed E-state index contributed by atoms with van der Waals surface area (Å²) in [5.74, 6) is 1.29. The summed E-state index contributed by atoms with van der Waals surface area (Å²) in [7, 11) is -2.27. The van der Waals surface area contributed by atoms with E-state index in [0.29, 0.717) is 38.6 Å². The van der Waals surface area contributed by atoms with Gasteiger partial charge in [0.25, 0.3) is 0 Å². The highest BCUT2D eigenvalue weighted by molar-refractivity contribution is 7.93. The van der Waals surface area contributed by atoms with Crippen molar-refractivity contribution in [3.8, 4) is 0 Å². The predicted molar refractivity (Wildman–Crippen MR) is 161 cm³/mol. The largest absolute Gasteiger partial charge is 0.356 e. The number of amides is 2. The lowest BCUT2D eigenvalue weighted by Gasteiger charge is -2.40. The maximum atomic E-state index is 13.3. The summed E-state index contributed by atoms with van der Waals surface area (Å²) < 4.78 is 17.6. The number of urea groups is 1. The third-order valence-corrected chi connectivity index (χ3v) is 9.88. The van der Waals surface area contributed by atoms with Crippen LogP contribution in [0.15, 0.2) is 58.1 Å². The number of nitrogens with zero attached hydrogens (tertiary/aromatic N) is 5. The highest BCUT2D eigenvalue weighted by Gasteiger charge is 2.37. The van der Waals surface area contributed by atoms with E-state index in [1.165, 1.54) is 11.1 Å². The molecule has 40 heavy (non-hydrogen) atoms. The number of aliphatic hydroxyl groups excluding tert-OH is 1. The zero-order valence-corrected chi connectivity index (χ0v) is 24.7. The Morgan fingerprint density at radius 2 is 1.82 bits per heavy atom. The molecule has 1 aromatic heterocycles. The van der Waals surface area contributed by atoms with Crippen LogP contribution in [-0.2, 0) is 16.3 Å². The summed E-state index contributed by atoms with van der Waals surface area (Å²) >= 11 is 12.9. The number of guanidine groups is 1. The molecule has 1 atom stereocenters. The maximum Gasteiger partial charge on any atom is 0.354 e. The first kappa shape index (κ1) is 28.4. The maximum absolute atomic E-state index is 13.3. The SMILES string of the molecule is Cc1cncc(N2C(=O)N=C(Nc3cc(C)c(N=S4(=O)CCCC4)cc3Cl)N(Cc3cc(Cl)ccc3C)C2O)c1. The molecule has 5 rings (SSSR count). The molecule has 0 radical (unpaired) electrons. The highest BCUT2D eigenvalue weighted by Crippen LogP contribution is 2.34. The van der Waals surface area contributed by atoms with Gasteiger partial charge in [0.2, 0.25) is 12.3 Å². The average molecular weight is 602 g/mol. The van der Waals surface area contributed by atoms with Crippen LogP contribution in [0.25, 0.3) is 0 Å². The normalized spacial score (nSPS) is 18.6. The van der Waals surface area contributed by atoms with E-state index >= 15 is 0 Å². The van der Waals surface area contributed by atoms with Crippen LogP contribution in [0.1, 0.15) is 35.1 Å². The first-order valence-electron chi connectivity index (χ1n) is 12.9. The molecule has 210 valence electrons. The van der Waals surface area contributed by atoms with Crippen molar-refractivity contribution in [2.24, 2.45) is 9.36 Å². The number of hydrogen-bond donors (Lipinski definition) is 2. The third kappa shape index (κ3) is 5.95. The number of halogens is 2. The number of aryl methyl sites for hydroxylation is 3.